The lowest BCUT2D eigenvalue weighted by Crippen LogP contribution is -2.58. The number of benzene rings is 1. The number of anilines is 1. The minimum atomic E-state index is -0.695. The molecule has 2 amide bonds. The van der Waals surface area contributed by atoms with E-state index in [1.807, 2.05) is 37.3 Å². The van der Waals surface area contributed by atoms with Crippen molar-refractivity contribution >= 4 is 28.8 Å². The largest absolute Gasteiger partial charge is 0.371 e. The van der Waals surface area contributed by atoms with Gasteiger partial charge in [-0.1, -0.05) is 18.2 Å². The van der Waals surface area contributed by atoms with Crippen LogP contribution in [0.2, 0.25) is 0 Å². The van der Waals surface area contributed by atoms with Gasteiger partial charge in [0.25, 0.3) is 5.91 Å². The van der Waals surface area contributed by atoms with Crippen molar-refractivity contribution in [3.05, 3.63) is 46.4 Å². The van der Waals surface area contributed by atoms with Crippen LogP contribution in [0.25, 0.3) is 0 Å². The molecular weight excluding hydrogens is 348 g/mol. The van der Waals surface area contributed by atoms with Gasteiger partial charge in [-0.25, -0.2) is 4.98 Å². The summed E-state index contributed by atoms with van der Waals surface area (Å²) in [5.41, 5.74) is 0.715. The van der Waals surface area contributed by atoms with Crippen molar-refractivity contribution in [1.29, 1.82) is 0 Å². The maximum absolute atomic E-state index is 12.9. The summed E-state index contributed by atoms with van der Waals surface area (Å²) in [7, 11) is 3.54. The monoisotopic (exact) mass is 372 g/mol. The molecule has 0 radical (unpaired) electrons. The zero-order valence-corrected chi connectivity index (χ0v) is 16.2. The zero-order chi connectivity index (χ0) is 18.7. The number of rotatable bonds is 4. The van der Waals surface area contributed by atoms with Gasteiger partial charge in [-0.05, 0) is 31.9 Å². The van der Waals surface area contributed by atoms with Crippen LogP contribution in [0.3, 0.4) is 0 Å². The van der Waals surface area contributed by atoms with Crippen LogP contribution >= 0.6 is 11.3 Å². The topological polar surface area (TPSA) is 65.5 Å². The molecule has 2 heterocycles. The van der Waals surface area contributed by atoms with Crippen LogP contribution < -0.4 is 5.32 Å². The molecule has 0 spiro atoms. The lowest BCUT2D eigenvalue weighted by Gasteiger charge is -2.42. The van der Waals surface area contributed by atoms with Crippen molar-refractivity contribution < 1.29 is 9.59 Å². The van der Waals surface area contributed by atoms with E-state index in [0.717, 1.165) is 10.7 Å². The first-order chi connectivity index (χ1) is 12.4. The van der Waals surface area contributed by atoms with Crippen molar-refractivity contribution in [2.45, 2.75) is 25.3 Å². The van der Waals surface area contributed by atoms with Gasteiger partial charge >= 0.3 is 0 Å². The predicted molar refractivity (Wildman–Crippen MR) is 103 cm³/mol. The van der Waals surface area contributed by atoms with Crippen molar-refractivity contribution in [3.63, 3.8) is 0 Å². The Hall–Kier alpha value is -2.41. The molecule has 1 N–H and O–H groups in total. The van der Waals surface area contributed by atoms with E-state index in [-0.39, 0.29) is 11.8 Å². The maximum atomic E-state index is 12.9. The summed E-state index contributed by atoms with van der Waals surface area (Å²) in [6.07, 6.45) is 1.13. The minimum absolute atomic E-state index is 0.0398. The molecule has 26 heavy (non-hydrogen) atoms. The Balaban J connectivity index is 1.76. The quantitative estimate of drug-likeness (QED) is 0.896. The van der Waals surface area contributed by atoms with Crippen LogP contribution in [-0.4, -0.2) is 59.3 Å². The fourth-order valence-electron chi connectivity index (χ4n) is 3.33. The highest BCUT2D eigenvalue weighted by Crippen LogP contribution is 2.29. The molecule has 3 rings (SSSR count). The zero-order valence-electron chi connectivity index (χ0n) is 15.4. The lowest BCUT2D eigenvalue weighted by atomic mass is 9.85. The minimum Gasteiger partial charge on any atom is -0.371 e. The van der Waals surface area contributed by atoms with Crippen LogP contribution in [0, 0.1) is 6.92 Å². The van der Waals surface area contributed by atoms with Gasteiger partial charge in [-0.15, -0.1) is 11.3 Å². The number of piperidine rings is 1. The summed E-state index contributed by atoms with van der Waals surface area (Å²) in [4.78, 5) is 33.3. The summed E-state index contributed by atoms with van der Waals surface area (Å²) in [6.45, 7) is 2.94. The van der Waals surface area contributed by atoms with Crippen LogP contribution in [-0.2, 0) is 4.79 Å². The highest BCUT2D eigenvalue weighted by Gasteiger charge is 2.43. The molecule has 0 saturated carbocycles. The van der Waals surface area contributed by atoms with Crippen LogP contribution in [0.4, 0.5) is 5.69 Å². The second kappa shape index (κ2) is 7.45. The highest BCUT2D eigenvalue weighted by atomic mass is 32.1. The number of nitrogens with zero attached hydrogens (tertiary/aromatic N) is 3. The van der Waals surface area contributed by atoms with Gasteiger partial charge in [-0.3, -0.25) is 9.59 Å². The maximum Gasteiger partial charge on any atom is 0.273 e. The Labute approximate surface area is 157 Å². The first kappa shape index (κ1) is 18.4. The number of likely N-dealkylation sites (tertiary alicyclic amines) is 1. The Bertz CT molecular complexity index is 780. The molecule has 0 bridgehead atoms. The van der Waals surface area contributed by atoms with Gasteiger partial charge in [-0.2, -0.15) is 0 Å². The van der Waals surface area contributed by atoms with Crippen molar-refractivity contribution in [2.24, 2.45) is 0 Å². The first-order valence-electron chi connectivity index (χ1n) is 8.68. The van der Waals surface area contributed by atoms with Crippen LogP contribution in [0.1, 0.15) is 28.3 Å². The van der Waals surface area contributed by atoms with Crippen LogP contribution in [0.15, 0.2) is 35.7 Å². The molecule has 138 valence electrons. The lowest BCUT2D eigenvalue weighted by molar-refractivity contribution is -0.135. The number of carbonyl (C=O) groups is 2. The molecule has 0 atom stereocenters. The van der Waals surface area contributed by atoms with E-state index in [4.69, 9.17) is 0 Å². The molecule has 1 aliphatic rings. The number of aryl methyl sites for hydroxylation is 1. The number of thiazole rings is 1. The van der Waals surface area contributed by atoms with E-state index < -0.39 is 5.54 Å². The van der Waals surface area contributed by atoms with E-state index in [2.05, 4.69) is 10.3 Å². The second-order valence-electron chi connectivity index (χ2n) is 6.82. The molecule has 6 nitrogen and oxygen atoms in total. The molecule has 1 aromatic heterocycles. The smallest absolute Gasteiger partial charge is 0.273 e. The summed E-state index contributed by atoms with van der Waals surface area (Å²) in [5.74, 6) is -0.0158. The molecule has 1 aromatic carbocycles. The molecule has 1 fully saturated rings. The molecule has 2 aromatic rings. The Morgan fingerprint density at radius 3 is 2.38 bits per heavy atom. The molecule has 1 aliphatic heterocycles. The fourth-order valence-corrected chi connectivity index (χ4v) is 3.92. The average molecular weight is 372 g/mol. The summed E-state index contributed by atoms with van der Waals surface area (Å²) >= 11 is 1.48. The SMILES string of the molecule is Cc1nc(C(=O)N2CCC(Nc3ccccc3)(C(=O)N(C)C)CC2)cs1. The van der Waals surface area contributed by atoms with Gasteiger partial charge in [0.15, 0.2) is 0 Å². The number of nitrogens with one attached hydrogen (secondary N) is 1. The molecule has 1 saturated heterocycles. The normalized spacial score (nSPS) is 16.2. The molecule has 7 heteroatoms. The number of likely N-dealkylation sites (N-methyl/N-ethyl adjacent to an activating group) is 1. The van der Waals surface area contributed by atoms with Crippen molar-refractivity contribution in [3.8, 4) is 0 Å². The first-order valence-corrected chi connectivity index (χ1v) is 9.56. The standard InChI is InChI=1S/C19H24N4O2S/c1-14-20-16(13-26-14)17(24)23-11-9-19(10-12-23,18(25)22(2)3)21-15-7-5-4-6-8-15/h4-8,13,21H,9-12H2,1-3H3. The number of hydrogen-bond donors (Lipinski definition) is 1. The van der Waals surface area contributed by atoms with Crippen molar-refractivity contribution in [2.75, 3.05) is 32.5 Å². The van der Waals surface area contributed by atoms with Gasteiger partial charge in [0.2, 0.25) is 5.91 Å². The van der Waals surface area contributed by atoms with Gasteiger partial charge in [0.05, 0.1) is 5.01 Å². The third-order valence-electron chi connectivity index (χ3n) is 4.72. The summed E-state index contributed by atoms with van der Waals surface area (Å²) in [5, 5.41) is 6.12. The van der Waals surface area contributed by atoms with E-state index in [1.165, 1.54) is 11.3 Å². The van der Waals surface area contributed by atoms with E-state index in [9.17, 15) is 9.59 Å². The average Bonchev–Trinajstić information content (AvgIpc) is 3.08. The Morgan fingerprint density at radius 1 is 1.19 bits per heavy atom. The van der Waals surface area contributed by atoms with Crippen LogP contribution in [0.5, 0.6) is 0 Å². The fraction of sp³-hybridized carbons (Fsp3) is 0.421. The summed E-state index contributed by atoms with van der Waals surface area (Å²) in [6, 6.07) is 9.75. The second-order valence-corrected chi connectivity index (χ2v) is 7.88. The molecular formula is C19H24N4O2S. The number of carbonyl (C=O) groups excluding carboxylic acids is 2. The number of para-hydroxylation sites is 1. The van der Waals surface area contributed by atoms with Gasteiger partial charge < -0.3 is 15.1 Å². The highest BCUT2D eigenvalue weighted by molar-refractivity contribution is 7.09. The third kappa shape index (κ3) is 3.72. The summed E-state index contributed by atoms with van der Waals surface area (Å²) < 4.78 is 0. The van der Waals surface area contributed by atoms with Crippen molar-refractivity contribution in [1.82, 2.24) is 14.8 Å². The van der Waals surface area contributed by atoms with E-state index in [0.29, 0.717) is 31.6 Å². The van der Waals surface area contributed by atoms with E-state index >= 15 is 0 Å². The Morgan fingerprint density at radius 2 is 1.85 bits per heavy atom. The number of hydrogen-bond acceptors (Lipinski definition) is 5. The van der Waals surface area contributed by atoms with Gasteiger partial charge in [0, 0.05) is 38.3 Å². The number of aromatic nitrogens is 1. The Kier molecular flexibility index (Phi) is 5.27. The third-order valence-corrected chi connectivity index (χ3v) is 5.49. The van der Waals surface area contributed by atoms with E-state index in [1.54, 1.807) is 29.3 Å². The molecule has 0 aliphatic carbocycles. The van der Waals surface area contributed by atoms with Gasteiger partial charge in [0.1, 0.15) is 11.2 Å². The molecule has 0 unspecified atom stereocenters. The predicted octanol–water partition coefficient (Wildman–Crippen LogP) is 2.63. The number of amides is 2.